The van der Waals surface area contributed by atoms with Crippen molar-refractivity contribution < 1.29 is 23.8 Å². The van der Waals surface area contributed by atoms with Gasteiger partial charge in [-0.05, 0) is 59.8 Å². The maximum atomic E-state index is 13.3. The minimum absolute atomic E-state index is 0.143. The zero-order valence-electron chi connectivity index (χ0n) is 24.8. The fraction of sp³-hybridized carbons (Fsp3) is 0.387. The van der Waals surface area contributed by atoms with Crippen molar-refractivity contribution >= 4 is 36.5 Å². The lowest BCUT2D eigenvalue weighted by Crippen LogP contribution is -2.38. The first-order chi connectivity index (χ1) is 19.5. The monoisotopic (exact) mass is 558 g/mol. The number of ether oxygens (including phenoxy) is 3. The molecule has 2 heterocycles. The van der Waals surface area contributed by atoms with Crippen molar-refractivity contribution in [2.75, 3.05) is 57.2 Å². The Labute approximate surface area is 243 Å². The van der Waals surface area contributed by atoms with Crippen LogP contribution in [0.3, 0.4) is 0 Å². The zero-order valence-corrected chi connectivity index (χ0v) is 24.8. The third kappa shape index (κ3) is 7.86. The molecule has 0 aliphatic carbocycles. The maximum absolute atomic E-state index is 13.3. The highest BCUT2D eigenvalue weighted by molar-refractivity contribution is 6.35. The largest absolute Gasteiger partial charge is 0.497 e. The maximum Gasteiger partial charge on any atom is 0.259 e. The molecule has 3 aromatic rings. The summed E-state index contributed by atoms with van der Waals surface area (Å²) in [5.74, 6) is 0.592. The molecule has 9 nitrogen and oxygen atoms in total. The van der Waals surface area contributed by atoms with Crippen LogP contribution in [0.25, 0.3) is 0 Å². The molecule has 1 aromatic heterocycles. The molecule has 1 saturated heterocycles. The molecule has 0 radical (unpaired) electrons. The third-order valence-corrected chi connectivity index (χ3v) is 7.07. The lowest BCUT2D eigenvalue weighted by molar-refractivity contribution is 0.0322. The highest BCUT2D eigenvalue weighted by atomic mass is 16.5. The second kappa shape index (κ2) is 13.2. The number of pyridine rings is 1. The second-order valence-corrected chi connectivity index (χ2v) is 11.2. The van der Waals surface area contributed by atoms with Crippen molar-refractivity contribution in [3.05, 3.63) is 71.0 Å². The SMILES string of the molecule is Bc1cc(C(C)(C)C)cc(C(=O)Nc2cnc(C)c(C(=O)Nc3ccc(OCCN4CCOCC4)cc3)c2)c1OC. The highest BCUT2D eigenvalue weighted by Crippen LogP contribution is 2.27. The number of aromatic nitrogens is 1. The molecule has 10 heteroatoms. The topological polar surface area (TPSA) is 102 Å². The molecular weight excluding hydrogens is 519 g/mol. The van der Waals surface area contributed by atoms with E-state index < -0.39 is 0 Å². The number of rotatable bonds is 9. The number of benzene rings is 2. The summed E-state index contributed by atoms with van der Waals surface area (Å²) in [5.41, 5.74) is 4.13. The minimum Gasteiger partial charge on any atom is -0.497 e. The quantitative estimate of drug-likeness (QED) is 0.389. The van der Waals surface area contributed by atoms with Gasteiger partial charge in [-0.2, -0.15) is 0 Å². The van der Waals surface area contributed by atoms with Crippen LogP contribution in [-0.4, -0.2) is 76.1 Å². The van der Waals surface area contributed by atoms with E-state index in [0.29, 0.717) is 40.6 Å². The number of aryl methyl sites for hydroxylation is 1. The third-order valence-electron chi connectivity index (χ3n) is 7.07. The van der Waals surface area contributed by atoms with Crippen LogP contribution in [0.15, 0.2) is 48.7 Å². The number of hydrogen-bond donors (Lipinski definition) is 2. The van der Waals surface area contributed by atoms with Crippen LogP contribution in [-0.2, 0) is 10.2 Å². The Morgan fingerprint density at radius 3 is 2.32 bits per heavy atom. The molecule has 2 N–H and O–H groups in total. The normalized spacial score (nSPS) is 13.9. The molecule has 1 aliphatic heterocycles. The van der Waals surface area contributed by atoms with E-state index in [1.807, 2.05) is 32.1 Å². The molecule has 0 saturated carbocycles. The number of amides is 2. The van der Waals surface area contributed by atoms with Crippen molar-refractivity contribution in [2.24, 2.45) is 0 Å². The summed E-state index contributed by atoms with van der Waals surface area (Å²) >= 11 is 0. The summed E-state index contributed by atoms with van der Waals surface area (Å²) in [5, 5.41) is 5.79. The van der Waals surface area contributed by atoms with Crippen LogP contribution in [0.1, 0.15) is 52.7 Å². The van der Waals surface area contributed by atoms with Gasteiger partial charge in [0.1, 0.15) is 26.0 Å². The van der Waals surface area contributed by atoms with Crippen LogP contribution in [0.4, 0.5) is 11.4 Å². The van der Waals surface area contributed by atoms with Crippen molar-refractivity contribution in [2.45, 2.75) is 33.1 Å². The van der Waals surface area contributed by atoms with Crippen LogP contribution in [0, 0.1) is 6.92 Å². The Morgan fingerprint density at radius 2 is 1.66 bits per heavy atom. The number of nitrogens with zero attached hydrogens (tertiary/aromatic N) is 2. The van der Waals surface area contributed by atoms with E-state index in [9.17, 15) is 9.59 Å². The summed E-state index contributed by atoms with van der Waals surface area (Å²) in [6.45, 7) is 12.8. The van der Waals surface area contributed by atoms with E-state index in [2.05, 4.69) is 41.3 Å². The molecule has 0 atom stereocenters. The van der Waals surface area contributed by atoms with Gasteiger partial charge in [0, 0.05) is 25.3 Å². The number of nitrogens with one attached hydrogen (secondary N) is 2. The number of carbonyl (C=O) groups excluding carboxylic acids is 2. The van der Waals surface area contributed by atoms with Crippen molar-refractivity contribution in [1.82, 2.24) is 9.88 Å². The van der Waals surface area contributed by atoms with Crippen molar-refractivity contribution in [3.63, 3.8) is 0 Å². The lowest BCUT2D eigenvalue weighted by Gasteiger charge is -2.26. The Bertz CT molecular complexity index is 1380. The predicted octanol–water partition coefficient (Wildman–Crippen LogP) is 3.17. The fourth-order valence-electron chi connectivity index (χ4n) is 4.63. The molecule has 1 fully saturated rings. The van der Waals surface area contributed by atoms with E-state index in [0.717, 1.165) is 49.6 Å². The summed E-state index contributed by atoms with van der Waals surface area (Å²) in [6, 6.07) is 12.8. The Kier molecular flexibility index (Phi) is 9.67. The van der Waals surface area contributed by atoms with Crippen molar-refractivity contribution in [1.29, 1.82) is 0 Å². The molecule has 4 rings (SSSR count). The first-order valence-corrected chi connectivity index (χ1v) is 13.9. The molecule has 2 aromatic carbocycles. The van der Waals surface area contributed by atoms with Gasteiger partial charge in [-0.15, -0.1) is 0 Å². The highest BCUT2D eigenvalue weighted by Gasteiger charge is 2.22. The molecule has 0 unspecified atom stereocenters. The van der Waals surface area contributed by atoms with Gasteiger partial charge in [0.05, 0.1) is 49.0 Å². The Hall–Kier alpha value is -3.89. The van der Waals surface area contributed by atoms with Gasteiger partial charge in [-0.25, -0.2) is 0 Å². The van der Waals surface area contributed by atoms with Crippen molar-refractivity contribution in [3.8, 4) is 11.5 Å². The van der Waals surface area contributed by atoms with E-state index >= 15 is 0 Å². The average Bonchev–Trinajstić information content (AvgIpc) is 2.94. The smallest absolute Gasteiger partial charge is 0.259 e. The number of hydrogen-bond acceptors (Lipinski definition) is 7. The second-order valence-electron chi connectivity index (χ2n) is 11.2. The first kappa shape index (κ1) is 30.1. The molecule has 2 amide bonds. The van der Waals surface area contributed by atoms with E-state index in [-0.39, 0.29) is 17.2 Å². The molecule has 1 aliphatic rings. The van der Waals surface area contributed by atoms with Crippen LogP contribution in [0.5, 0.6) is 11.5 Å². The van der Waals surface area contributed by atoms with Crippen LogP contribution < -0.4 is 25.6 Å². The summed E-state index contributed by atoms with van der Waals surface area (Å²) < 4.78 is 16.8. The average molecular weight is 558 g/mol. The molecule has 216 valence electrons. The molecule has 0 spiro atoms. The number of morpholine rings is 1. The summed E-state index contributed by atoms with van der Waals surface area (Å²) in [7, 11) is 3.47. The fourth-order valence-corrected chi connectivity index (χ4v) is 4.63. The van der Waals surface area contributed by atoms with E-state index in [4.69, 9.17) is 14.2 Å². The molecule has 41 heavy (non-hydrogen) atoms. The van der Waals surface area contributed by atoms with Crippen LogP contribution >= 0.6 is 0 Å². The summed E-state index contributed by atoms with van der Waals surface area (Å²) in [6.07, 6.45) is 1.54. The standard InChI is InChI=1S/C31H39BN4O5/c1-20-25(29(37)34-22-6-8-24(9-7-22)41-15-12-36-10-13-40-14-11-36)18-23(19-33-20)35-30(38)26-16-21(31(2,3)4)17-27(32)28(26)39-5/h6-9,16-19H,10-15,32H2,1-5H3,(H,34,37)(H,35,38). The summed E-state index contributed by atoms with van der Waals surface area (Å²) in [4.78, 5) is 33.1. The molecular formula is C31H39BN4O5. The number of methoxy groups -OCH3 is 1. The van der Waals surface area contributed by atoms with Gasteiger partial charge < -0.3 is 24.8 Å². The van der Waals surface area contributed by atoms with Gasteiger partial charge >= 0.3 is 0 Å². The first-order valence-electron chi connectivity index (χ1n) is 13.9. The molecule has 0 bridgehead atoms. The van der Waals surface area contributed by atoms with Gasteiger partial charge in [-0.1, -0.05) is 26.8 Å². The number of anilines is 2. The minimum atomic E-state index is -0.336. The van der Waals surface area contributed by atoms with Gasteiger partial charge in [0.15, 0.2) is 0 Å². The number of carbonyl (C=O) groups is 2. The van der Waals surface area contributed by atoms with Gasteiger partial charge in [-0.3, -0.25) is 19.5 Å². The van der Waals surface area contributed by atoms with E-state index in [1.54, 1.807) is 38.4 Å². The predicted molar refractivity (Wildman–Crippen MR) is 164 cm³/mol. The van der Waals surface area contributed by atoms with Crippen LogP contribution in [0.2, 0.25) is 0 Å². The Balaban J connectivity index is 1.41. The lowest BCUT2D eigenvalue weighted by atomic mass is 9.81. The Morgan fingerprint density at radius 1 is 1.00 bits per heavy atom. The van der Waals surface area contributed by atoms with Gasteiger partial charge in [0.25, 0.3) is 11.8 Å². The zero-order chi connectivity index (χ0) is 29.6. The van der Waals surface area contributed by atoms with E-state index in [1.165, 1.54) is 0 Å². The van der Waals surface area contributed by atoms with Gasteiger partial charge in [0.2, 0.25) is 0 Å².